The van der Waals surface area contributed by atoms with Gasteiger partial charge in [-0.25, -0.2) is 0 Å². The van der Waals surface area contributed by atoms with Crippen LogP contribution in [0.15, 0.2) is 72.8 Å². The van der Waals surface area contributed by atoms with Crippen LogP contribution < -0.4 is 10.2 Å². The first-order chi connectivity index (χ1) is 14.0. The molecule has 3 aromatic carbocycles. The Bertz CT molecular complexity index is 1000. The zero-order chi connectivity index (χ0) is 20.5. The predicted octanol–water partition coefficient (Wildman–Crippen LogP) is 6.70. The first kappa shape index (κ1) is 19.3. The maximum absolute atomic E-state index is 13.5. The molecule has 0 aliphatic carbocycles. The van der Waals surface area contributed by atoms with Gasteiger partial charge in [0.1, 0.15) is 6.17 Å². The molecule has 3 aromatic rings. The summed E-state index contributed by atoms with van der Waals surface area (Å²) in [6, 6.07) is 24.7. The minimum Gasteiger partial charge on any atom is -0.360 e. The van der Waals surface area contributed by atoms with Crippen molar-refractivity contribution in [2.24, 2.45) is 0 Å². The molecular formula is C26H28N2O. The first-order valence-electron chi connectivity index (χ1n) is 10.3. The van der Waals surface area contributed by atoms with Gasteiger partial charge in [0, 0.05) is 11.4 Å². The molecule has 0 spiro atoms. The Hall–Kier alpha value is -3.07. The fourth-order valence-corrected chi connectivity index (χ4v) is 3.84. The van der Waals surface area contributed by atoms with Crippen molar-refractivity contribution < 1.29 is 4.79 Å². The molecule has 0 unspecified atom stereocenters. The molecule has 29 heavy (non-hydrogen) atoms. The molecule has 3 heteroatoms. The minimum absolute atomic E-state index is 0.0228. The lowest BCUT2D eigenvalue weighted by molar-refractivity contribution is 0.0975. The summed E-state index contributed by atoms with van der Waals surface area (Å²) in [5.74, 6) is 0.958. The van der Waals surface area contributed by atoms with Crippen molar-refractivity contribution in [2.45, 2.75) is 45.7 Å². The zero-order valence-electron chi connectivity index (χ0n) is 17.5. The number of carbonyl (C=O) groups excluding carboxylic acids is 1. The van der Waals surface area contributed by atoms with E-state index in [4.69, 9.17) is 0 Å². The Morgan fingerprint density at radius 2 is 1.31 bits per heavy atom. The number of para-hydroxylation sites is 1. The molecule has 0 saturated heterocycles. The van der Waals surface area contributed by atoms with E-state index in [1.807, 2.05) is 29.2 Å². The lowest BCUT2D eigenvalue weighted by Crippen LogP contribution is -2.43. The number of anilines is 2. The molecule has 1 aliphatic heterocycles. The molecule has 4 rings (SSSR count). The lowest BCUT2D eigenvalue weighted by Gasteiger charge is -2.38. The summed E-state index contributed by atoms with van der Waals surface area (Å²) in [5, 5.41) is 3.58. The van der Waals surface area contributed by atoms with Crippen molar-refractivity contribution in [3.05, 3.63) is 95.1 Å². The first-order valence-corrected chi connectivity index (χ1v) is 10.3. The van der Waals surface area contributed by atoms with Gasteiger partial charge in [-0.2, -0.15) is 0 Å². The predicted molar refractivity (Wildman–Crippen MR) is 121 cm³/mol. The van der Waals surface area contributed by atoms with Gasteiger partial charge in [-0.15, -0.1) is 0 Å². The van der Waals surface area contributed by atoms with E-state index in [-0.39, 0.29) is 12.1 Å². The highest BCUT2D eigenvalue weighted by atomic mass is 16.2. The molecule has 1 atom stereocenters. The maximum atomic E-state index is 13.5. The molecule has 1 heterocycles. The molecule has 0 radical (unpaired) electrons. The van der Waals surface area contributed by atoms with Crippen LogP contribution >= 0.6 is 0 Å². The van der Waals surface area contributed by atoms with Gasteiger partial charge < -0.3 is 5.32 Å². The van der Waals surface area contributed by atoms with Gasteiger partial charge >= 0.3 is 0 Å². The molecule has 0 saturated carbocycles. The highest BCUT2D eigenvalue weighted by Gasteiger charge is 2.34. The SMILES string of the molecule is CC(C)c1ccc([C@@H]2Nc3ccccc3C(=O)N2c2ccc(C(C)C)cc2)cc1. The monoisotopic (exact) mass is 384 g/mol. The Morgan fingerprint density at radius 1 is 0.759 bits per heavy atom. The van der Waals surface area contributed by atoms with Crippen LogP contribution in [0.5, 0.6) is 0 Å². The van der Waals surface area contributed by atoms with E-state index in [1.165, 1.54) is 11.1 Å². The number of rotatable bonds is 4. The number of benzene rings is 3. The van der Waals surface area contributed by atoms with Gasteiger partial charge in [-0.3, -0.25) is 9.69 Å². The Kier molecular flexibility index (Phi) is 5.14. The van der Waals surface area contributed by atoms with E-state index < -0.39 is 0 Å². The summed E-state index contributed by atoms with van der Waals surface area (Å²) in [6.45, 7) is 8.74. The highest BCUT2D eigenvalue weighted by Crippen LogP contribution is 2.37. The fraction of sp³-hybridized carbons (Fsp3) is 0.269. The second-order valence-corrected chi connectivity index (χ2v) is 8.34. The van der Waals surface area contributed by atoms with Gasteiger partial charge in [0.15, 0.2) is 0 Å². The molecule has 0 bridgehead atoms. The summed E-state index contributed by atoms with van der Waals surface area (Å²) in [6.07, 6.45) is -0.247. The number of amides is 1. The largest absolute Gasteiger partial charge is 0.360 e. The summed E-state index contributed by atoms with van der Waals surface area (Å²) in [7, 11) is 0. The van der Waals surface area contributed by atoms with Crippen LogP contribution in [-0.4, -0.2) is 5.91 Å². The Morgan fingerprint density at radius 3 is 1.90 bits per heavy atom. The molecule has 3 nitrogen and oxygen atoms in total. The normalized spacial score (nSPS) is 16.1. The van der Waals surface area contributed by atoms with Crippen molar-refractivity contribution in [1.82, 2.24) is 0 Å². The van der Waals surface area contributed by atoms with E-state index in [1.54, 1.807) is 0 Å². The Labute approximate surface area is 173 Å². The number of hydrogen-bond donors (Lipinski definition) is 1. The molecule has 1 aliphatic rings. The molecule has 148 valence electrons. The quantitative estimate of drug-likeness (QED) is 0.542. The van der Waals surface area contributed by atoms with Crippen LogP contribution in [0.1, 0.15) is 72.7 Å². The number of hydrogen-bond acceptors (Lipinski definition) is 2. The topological polar surface area (TPSA) is 32.3 Å². The molecule has 1 amide bonds. The van der Waals surface area contributed by atoms with Gasteiger partial charge in [-0.05, 0) is 52.8 Å². The number of nitrogens with one attached hydrogen (secondary N) is 1. The Balaban J connectivity index is 1.78. The molecule has 0 aromatic heterocycles. The second-order valence-electron chi connectivity index (χ2n) is 8.34. The van der Waals surface area contributed by atoms with Crippen molar-refractivity contribution in [3.8, 4) is 0 Å². The van der Waals surface area contributed by atoms with Crippen molar-refractivity contribution in [3.63, 3.8) is 0 Å². The van der Waals surface area contributed by atoms with Gasteiger partial charge in [0.25, 0.3) is 5.91 Å². The van der Waals surface area contributed by atoms with E-state index in [0.717, 1.165) is 16.9 Å². The van der Waals surface area contributed by atoms with Crippen LogP contribution in [0.25, 0.3) is 0 Å². The van der Waals surface area contributed by atoms with Crippen molar-refractivity contribution in [1.29, 1.82) is 0 Å². The van der Waals surface area contributed by atoms with E-state index in [2.05, 4.69) is 81.5 Å². The third-order valence-corrected chi connectivity index (χ3v) is 5.68. The maximum Gasteiger partial charge on any atom is 0.262 e. The van der Waals surface area contributed by atoms with Gasteiger partial charge in [0.2, 0.25) is 0 Å². The van der Waals surface area contributed by atoms with Crippen LogP contribution in [-0.2, 0) is 0 Å². The van der Waals surface area contributed by atoms with Gasteiger partial charge in [-0.1, -0.05) is 76.2 Å². The van der Waals surface area contributed by atoms with Crippen molar-refractivity contribution >= 4 is 17.3 Å². The summed E-state index contributed by atoms with van der Waals surface area (Å²) >= 11 is 0. The summed E-state index contributed by atoms with van der Waals surface area (Å²) in [5.41, 5.74) is 6.12. The average Bonchev–Trinajstić information content (AvgIpc) is 2.74. The van der Waals surface area contributed by atoms with Crippen molar-refractivity contribution in [2.75, 3.05) is 10.2 Å². The molecular weight excluding hydrogens is 356 g/mol. The van der Waals surface area contributed by atoms with Crippen LogP contribution in [0, 0.1) is 0 Å². The fourth-order valence-electron chi connectivity index (χ4n) is 3.84. The zero-order valence-corrected chi connectivity index (χ0v) is 17.5. The smallest absolute Gasteiger partial charge is 0.262 e. The van der Waals surface area contributed by atoms with Crippen LogP contribution in [0.2, 0.25) is 0 Å². The lowest BCUT2D eigenvalue weighted by atomic mass is 9.98. The van der Waals surface area contributed by atoms with E-state index in [9.17, 15) is 4.79 Å². The van der Waals surface area contributed by atoms with Gasteiger partial charge in [0.05, 0.1) is 5.56 Å². The third kappa shape index (κ3) is 3.65. The number of nitrogens with zero attached hydrogens (tertiary/aromatic N) is 1. The number of carbonyl (C=O) groups is 1. The van der Waals surface area contributed by atoms with E-state index >= 15 is 0 Å². The summed E-state index contributed by atoms with van der Waals surface area (Å²) < 4.78 is 0. The van der Waals surface area contributed by atoms with Crippen LogP contribution in [0.3, 0.4) is 0 Å². The standard InChI is InChI=1S/C26H28N2O/c1-17(2)19-9-11-21(12-10-19)25-27-24-8-6-5-7-23(24)26(29)28(25)22-15-13-20(14-16-22)18(3)4/h5-18,25,27H,1-4H3/t25-/m1/s1. The molecule has 0 fully saturated rings. The van der Waals surface area contributed by atoms with E-state index in [0.29, 0.717) is 17.4 Å². The average molecular weight is 385 g/mol. The molecule has 1 N–H and O–H groups in total. The highest BCUT2D eigenvalue weighted by molar-refractivity contribution is 6.12. The third-order valence-electron chi connectivity index (χ3n) is 5.68. The second kappa shape index (κ2) is 7.75. The van der Waals surface area contributed by atoms with Crippen LogP contribution in [0.4, 0.5) is 11.4 Å². The minimum atomic E-state index is -0.247. The number of fused-ring (bicyclic) bond motifs is 1. The summed E-state index contributed by atoms with van der Waals surface area (Å²) in [4.78, 5) is 15.4.